The van der Waals surface area contributed by atoms with Crippen LogP contribution in [0.2, 0.25) is 0 Å². The Hall–Kier alpha value is -2.28. The summed E-state index contributed by atoms with van der Waals surface area (Å²) in [6.45, 7) is 3.70. The van der Waals surface area contributed by atoms with Crippen molar-refractivity contribution in [3.63, 3.8) is 0 Å². The molecule has 1 aromatic heterocycles. The van der Waals surface area contributed by atoms with E-state index < -0.39 is 0 Å². The number of hydrogen-bond donors (Lipinski definition) is 1. The first-order valence-electron chi connectivity index (χ1n) is 11.4. The second-order valence-electron chi connectivity index (χ2n) is 9.12. The molecule has 0 fully saturated rings. The first kappa shape index (κ1) is 21.3. The number of thiazole rings is 1. The summed E-state index contributed by atoms with van der Waals surface area (Å²) < 4.78 is 3.84. The number of fused-ring (bicyclic) bond motifs is 9. The summed E-state index contributed by atoms with van der Waals surface area (Å²) in [5.41, 5.74) is 5.48. The van der Waals surface area contributed by atoms with Gasteiger partial charge in [0.2, 0.25) is 11.4 Å². The molecule has 4 aliphatic rings. The average Bonchev–Trinajstić information content (AvgIpc) is 3.37. The number of thioether (sulfide) groups is 1. The van der Waals surface area contributed by atoms with Gasteiger partial charge in [0.1, 0.15) is 4.70 Å². The fraction of sp³-hybridized carbons (Fsp3) is 0.308. The van der Waals surface area contributed by atoms with Crippen LogP contribution in [-0.4, -0.2) is 18.5 Å². The molecular weight excluding hydrogens is 470 g/mol. The summed E-state index contributed by atoms with van der Waals surface area (Å²) >= 11 is 3.79. The van der Waals surface area contributed by atoms with Crippen LogP contribution in [0.1, 0.15) is 24.8 Å². The summed E-state index contributed by atoms with van der Waals surface area (Å²) in [6, 6.07) is 17.6. The van der Waals surface area contributed by atoms with E-state index in [-0.39, 0.29) is 24.4 Å². The number of anilines is 1. The van der Waals surface area contributed by atoms with Gasteiger partial charge in [0.25, 0.3) is 5.01 Å². The van der Waals surface area contributed by atoms with Crippen molar-refractivity contribution in [2.45, 2.75) is 37.2 Å². The highest BCUT2D eigenvalue weighted by molar-refractivity contribution is 8.03. The number of aromatic nitrogens is 1. The molecule has 3 atom stereocenters. The summed E-state index contributed by atoms with van der Waals surface area (Å²) in [5.74, 6) is 0.837. The standard InChI is InChI=1S/C26H23N3OS2.ClH/c1-15(30)27-24-16-10-12-28-20-6-2-4-8-22(20)31-25(28)18(16)14-19-17(24)11-13-29-21-7-3-5-9-23(21)32-26(19)29;/h2-9,14,16-17,24H,10-13H2,1H3;1H. The van der Waals surface area contributed by atoms with Gasteiger partial charge in [-0.3, -0.25) is 4.79 Å². The van der Waals surface area contributed by atoms with Crippen LogP contribution in [0.4, 0.5) is 5.69 Å². The number of amides is 1. The third-order valence-electron chi connectivity index (χ3n) is 7.38. The third kappa shape index (κ3) is 3.11. The zero-order chi connectivity index (χ0) is 21.4. The summed E-state index contributed by atoms with van der Waals surface area (Å²) in [7, 11) is 0. The van der Waals surface area contributed by atoms with Crippen molar-refractivity contribution in [1.82, 2.24) is 5.32 Å². The zero-order valence-electron chi connectivity index (χ0n) is 18.3. The molecule has 2 aromatic carbocycles. The lowest BCUT2D eigenvalue weighted by Gasteiger charge is -2.44. The quantitative estimate of drug-likeness (QED) is 0.526. The van der Waals surface area contributed by atoms with E-state index in [0.29, 0.717) is 11.8 Å². The molecule has 3 unspecified atom stereocenters. The molecule has 0 saturated carbocycles. The number of benzene rings is 2. The lowest BCUT2D eigenvalue weighted by Crippen LogP contribution is -3.00. The van der Waals surface area contributed by atoms with Crippen LogP contribution in [0, 0.1) is 11.8 Å². The van der Waals surface area contributed by atoms with Crippen molar-refractivity contribution in [1.29, 1.82) is 0 Å². The molecule has 0 saturated heterocycles. The minimum Gasteiger partial charge on any atom is -1.00 e. The largest absolute Gasteiger partial charge is 1.00 e. The van der Waals surface area contributed by atoms with Crippen LogP contribution in [0.5, 0.6) is 0 Å². The minimum atomic E-state index is 0. The molecule has 1 amide bonds. The van der Waals surface area contributed by atoms with Crippen LogP contribution in [-0.2, 0) is 11.3 Å². The average molecular weight is 494 g/mol. The topological polar surface area (TPSA) is 36.2 Å². The maximum absolute atomic E-state index is 12.3. The lowest BCUT2D eigenvalue weighted by atomic mass is 9.69. The van der Waals surface area contributed by atoms with E-state index in [1.165, 1.54) is 42.0 Å². The maximum atomic E-state index is 12.3. The van der Waals surface area contributed by atoms with Gasteiger partial charge in [-0.05, 0) is 36.3 Å². The number of allylic oxidation sites excluding steroid dienone is 1. The molecule has 4 nitrogen and oxygen atoms in total. The van der Waals surface area contributed by atoms with Crippen LogP contribution < -0.4 is 27.2 Å². The summed E-state index contributed by atoms with van der Waals surface area (Å²) in [4.78, 5) is 16.1. The van der Waals surface area contributed by atoms with Crippen molar-refractivity contribution in [2.75, 3.05) is 11.4 Å². The van der Waals surface area contributed by atoms with Gasteiger partial charge in [-0.2, -0.15) is 4.57 Å². The smallest absolute Gasteiger partial charge is 0.266 e. The fourth-order valence-electron chi connectivity index (χ4n) is 6.08. The SMILES string of the molecule is CC(=O)NC1C2CC[n+]3c(sc4ccccc43)C2=CC2=C3Sc4ccccc4N3CCC21.[Cl-]. The van der Waals surface area contributed by atoms with E-state index in [9.17, 15) is 4.79 Å². The van der Waals surface area contributed by atoms with E-state index in [2.05, 4.69) is 69.4 Å². The van der Waals surface area contributed by atoms with Crippen LogP contribution in [0.25, 0.3) is 15.8 Å². The Morgan fingerprint density at radius 3 is 2.79 bits per heavy atom. The Morgan fingerprint density at radius 2 is 1.91 bits per heavy atom. The van der Waals surface area contributed by atoms with Gasteiger partial charge < -0.3 is 22.6 Å². The molecular formula is C26H24ClN3OS2. The van der Waals surface area contributed by atoms with Crippen molar-refractivity contribution >= 4 is 50.5 Å². The van der Waals surface area contributed by atoms with Crippen molar-refractivity contribution in [2.24, 2.45) is 11.8 Å². The van der Waals surface area contributed by atoms with Gasteiger partial charge in [-0.1, -0.05) is 47.4 Å². The number of hydrogen-bond acceptors (Lipinski definition) is 4. The molecule has 7 heteroatoms. The normalized spacial score (nSPS) is 24.7. The molecule has 3 aliphatic heterocycles. The number of halogens is 1. The number of nitrogens with one attached hydrogen (secondary N) is 1. The van der Waals surface area contributed by atoms with E-state index >= 15 is 0 Å². The predicted octanol–water partition coefficient (Wildman–Crippen LogP) is 1.96. The number of carbonyl (C=O) groups excluding carboxylic acids is 1. The Morgan fingerprint density at radius 1 is 1.09 bits per heavy atom. The van der Waals surface area contributed by atoms with Crippen LogP contribution in [0.3, 0.4) is 0 Å². The van der Waals surface area contributed by atoms with Crippen molar-refractivity contribution < 1.29 is 21.8 Å². The molecule has 33 heavy (non-hydrogen) atoms. The molecule has 4 heterocycles. The maximum Gasteiger partial charge on any atom is 0.266 e. The monoisotopic (exact) mass is 493 g/mol. The van der Waals surface area contributed by atoms with E-state index in [4.69, 9.17) is 0 Å². The van der Waals surface area contributed by atoms with Gasteiger partial charge in [0, 0.05) is 54.3 Å². The van der Waals surface area contributed by atoms with E-state index in [0.717, 1.165) is 25.9 Å². The highest BCUT2D eigenvalue weighted by atomic mass is 35.5. The van der Waals surface area contributed by atoms with Gasteiger partial charge >= 0.3 is 0 Å². The minimum absolute atomic E-state index is 0. The highest BCUT2D eigenvalue weighted by Crippen LogP contribution is 2.54. The number of carbonyl (C=O) groups is 1. The second kappa shape index (κ2) is 7.90. The summed E-state index contributed by atoms with van der Waals surface area (Å²) in [5, 5.41) is 6.13. The number of para-hydroxylation sites is 2. The molecule has 0 radical (unpaired) electrons. The Labute approximate surface area is 207 Å². The molecule has 168 valence electrons. The molecule has 7 rings (SSSR count). The number of aryl methyl sites for hydroxylation is 1. The summed E-state index contributed by atoms with van der Waals surface area (Å²) in [6.07, 6.45) is 4.64. The number of rotatable bonds is 1. The molecule has 3 aromatic rings. The van der Waals surface area contributed by atoms with E-state index in [1.54, 1.807) is 6.92 Å². The molecule has 1 N–H and O–H groups in total. The fourth-order valence-corrected chi connectivity index (χ4v) is 8.61. The van der Waals surface area contributed by atoms with Gasteiger partial charge in [0.05, 0.1) is 10.7 Å². The van der Waals surface area contributed by atoms with Gasteiger partial charge in [-0.15, -0.1) is 0 Å². The molecule has 0 spiro atoms. The van der Waals surface area contributed by atoms with Crippen LogP contribution >= 0.6 is 23.1 Å². The first-order valence-corrected chi connectivity index (χ1v) is 13.0. The molecule has 0 bridgehead atoms. The number of nitrogens with zero attached hydrogens (tertiary/aromatic N) is 2. The van der Waals surface area contributed by atoms with Gasteiger partial charge in [-0.25, -0.2) is 0 Å². The van der Waals surface area contributed by atoms with Crippen molar-refractivity contribution in [3.8, 4) is 0 Å². The first-order chi connectivity index (χ1) is 15.7. The van der Waals surface area contributed by atoms with E-state index in [1.807, 2.05) is 23.1 Å². The predicted molar refractivity (Wildman–Crippen MR) is 130 cm³/mol. The second-order valence-corrected chi connectivity index (χ2v) is 11.2. The highest BCUT2D eigenvalue weighted by Gasteiger charge is 2.48. The van der Waals surface area contributed by atoms with Gasteiger partial charge in [0.15, 0.2) is 6.54 Å². The Kier molecular flexibility index (Phi) is 5.09. The third-order valence-corrected chi connectivity index (χ3v) is 9.81. The zero-order valence-corrected chi connectivity index (χ0v) is 20.6. The Bertz CT molecular complexity index is 1360. The lowest BCUT2D eigenvalue weighted by molar-refractivity contribution is -0.674. The Balaban J connectivity index is 0.00000206. The molecule has 1 aliphatic carbocycles. The van der Waals surface area contributed by atoms with Crippen LogP contribution in [0.15, 0.2) is 70.1 Å². The van der Waals surface area contributed by atoms with Crippen molar-refractivity contribution in [3.05, 3.63) is 70.2 Å².